The Morgan fingerprint density at radius 2 is 2.11 bits per heavy atom. The maximum Gasteiger partial charge on any atom is 0.255 e. The number of fused-ring (bicyclic) bond motifs is 1. The lowest BCUT2D eigenvalue weighted by Gasteiger charge is -2.32. The molecule has 0 radical (unpaired) electrons. The van der Waals surface area contributed by atoms with Crippen molar-refractivity contribution in [2.45, 2.75) is 52.0 Å². The van der Waals surface area contributed by atoms with E-state index in [4.69, 9.17) is 0 Å². The Bertz CT molecular complexity index is 503. The van der Waals surface area contributed by atoms with Crippen molar-refractivity contribution in [2.75, 3.05) is 13.1 Å². The second-order valence-corrected chi connectivity index (χ2v) is 6.07. The van der Waals surface area contributed by atoms with E-state index in [-0.39, 0.29) is 5.56 Å². The minimum Gasteiger partial charge on any atom is -0.310 e. The monoisotopic (exact) mass is 261 g/mol. The fraction of sp³-hybridized carbons (Fsp3) is 0.733. The van der Waals surface area contributed by atoms with Crippen molar-refractivity contribution in [3.8, 4) is 0 Å². The van der Waals surface area contributed by atoms with Gasteiger partial charge in [-0.25, -0.2) is 4.98 Å². The lowest BCUT2D eigenvalue weighted by atomic mass is 9.88. The minimum absolute atomic E-state index is 0.0656. The van der Waals surface area contributed by atoms with Gasteiger partial charge in [0.25, 0.3) is 5.56 Å². The van der Waals surface area contributed by atoms with Crippen molar-refractivity contribution in [3.63, 3.8) is 0 Å². The van der Waals surface area contributed by atoms with Gasteiger partial charge in [-0.2, -0.15) is 0 Å². The van der Waals surface area contributed by atoms with Crippen molar-refractivity contribution in [1.82, 2.24) is 14.9 Å². The molecule has 1 aromatic heterocycles. The fourth-order valence-corrected chi connectivity index (χ4v) is 3.50. The van der Waals surface area contributed by atoms with Gasteiger partial charge in [0.05, 0.1) is 11.3 Å². The van der Waals surface area contributed by atoms with E-state index < -0.39 is 0 Å². The fourth-order valence-electron chi connectivity index (χ4n) is 3.50. The molecule has 0 saturated heterocycles. The van der Waals surface area contributed by atoms with Crippen LogP contribution in [0.25, 0.3) is 0 Å². The molecule has 104 valence electrons. The van der Waals surface area contributed by atoms with Gasteiger partial charge < -0.3 is 4.98 Å². The molecule has 4 nitrogen and oxygen atoms in total. The van der Waals surface area contributed by atoms with Crippen LogP contribution in [0.15, 0.2) is 4.79 Å². The Balaban J connectivity index is 1.69. The Labute approximate surface area is 114 Å². The van der Waals surface area contributed by atoms with Gasteiger partial charge in [-0.15, -0.1) is 0 Å². The van der Waals surface area contributed by atoms with Gasteiger partial charge >= 0.3 is 0 Å². The maximum atomic E-state index is 12.0. The molecule has 2 aliphatic rings. The van der Waals surface area contributed by atoms with Crippen LogP contribution in [0.3, 0.4) is 0 Å². The van der Waals surface area contributed by atoms with E-state index in [0.29, 0.717) is 0 Å². The van der Waals surface area contributed by atoms with Gasteiger partial charge in [0.1, 0.15) is 5.82 Å². The molecule has 0 amide bonds. The highest BCUT2D eigenvalue weighted by Crippen LogP contribution is 2.25. The number of nitrogens with one attached hydrogen (secondary N) is 1. The number of nitrogens with zero attached hydrogens (tertiary/aromatic N) is 2. The number of hydrogen-bond donors (Lipinski definition) is 1. The van der Waals surface area contributed by atoms with Gasteiger partial charge in [-0.3, -0.25) is 9.69 Å². The smallest absolute Gasteiger partial charge is 0.255 e. The van der Waals surface area contributed by atoms with E-state index in [9.17, 15) is 4.79 Å². The highest BCUT2D eigenvalue weighted by atomic mass is 16.1. The summed E-state index contributed by atoms with van der Waals surface area (Å²) in [5, 5.41) is 0. The van der Waals surface area contributed by atoms with Crippen molar-refractivity contribution in [1.29, 1.82) is 0 Å². The van der Waals surface area contributed by atoms with Gasteiger partial charge in [0.2, 0.25) is 0 Å². The number of aromatic amines is 1. The Morgan fingerprint density at radius 1 is 1.32 bits per heavy atom. The first kappa shape index (κ1) is 12.9. The maximum absolute atomic E-state index is 12.0. The first-order valence-electron chi connectivity index (χ1n) is 7.53. The van der Waals surface area contributed by atoms with E-state index in [0.717, 1.165) is 49.1 Å². The Kier molecular flexibility index (Phi) is 3.69. The first-order valence-corrected chi connectivity index (χ1v) is 7.53. The van der Waals surface area contributed by atoms with Crippen LogP contribution in [0.1, 0.15) is 49.2 Å². The predicted octanol–water partition coefficient (Wildman–Crippen LogP) is 2.02. The number of H-pyrrole nitrogens is 1. The summed E-state index contributed by atoms with van der Waals surface area (Å²) in [5.74, 6) is 1.58. The number of rotatable bonds is 2. The van der Waals surface area contributed by atoms with E-state index in [1.165, 1.54) is 32.1 Å². The van der Waals surface area contributed by atoms with Crippen LogP contribution in [0.5, 0.6) is 0 Å². The van der Waals surface area contributed by atoms with Crippen LogP contribution in [0, 0.1) is 12.8 Å². The van der Waals surface area contributed by atoms with Crippen molar-refractivity contribution < 1.29 is 0 Å². The van der Waals surface area contributed by atoms with Crippen molar-refractivity contribution in [2.24, 2.45) is 5.92 Å². The predicted molar refractivity (Wildman–Crippen MR) is 75.2 cm³/mol. The van der Waals surface area contributed by atoms with Gasteiger partial charge in [0.15, 0.2) is 0 Å². The highest BCUT2D eigenvalue weighted by molar-refractivity contribution is 5.20. The molecule has 4 heteroatoms. The van der Waals surface area contributed by atoms with Crippen molar-refractivity contribution in [3.05, 3.63) is 27.4 Å². The first-order chi connectivity index (χ1) is 9.22. The second-order valence-electron chi connectivity index (χ2n) is 6.07. The molecule has 0 bridgehead atoms. The van der Waals surface area contributed by atoms with E-state index in [1.807, 2.05) is 6.92 Å². The molecule has 0 spiro atoms. The molecule has 3 rings (SSSR count). The number of hydrogen-bond acceptors (Lipinski definition) is 3. The standard InChI is InChI=1S/C15H23N3O/c1-11-16-14-7-8-18(10-13(14)15(19)17-11)9-12-5-3-2-4-6-12/h12H,2-10H2,1H3,(H,16,17,19). The third kappa shape index (κ3) is 2.89. The summed E-state index contributed by atoms with van der Waals surface area (Å²) in [7, 11) is 0. The second kappa shape index (κ2) is 5.45. The van der Waals surface area contributed by atoms with Crippen molar-refractivity contribution >= 4 is 0 Å². The Morgan fingerprint density at radius 3 is 2.89 bits per heavy atom. The van der Waals surface area contributed by atoms with Crippen LogP contribution < -0.4 is 5.56 Å². The van der Waals surface area contributed by atoms with E-state index in [2.05, 4.69) is 14.9 Å². The molecule has 1 N–H and O–H groups in total. The molecular weight excluding hydrogens is 238 g/mol. The van der Waals surface area contributed by atoms with E-state index in [1.54, 1.807) is 0 Å². The zero-order chi connectivity index (χ0) is 13.2. The molecule has 19 heavy (non-hydrogen) atoms. The van der Waals surface area contributed by atoms with Gasteiger partial charge in [-0.1, -0.05) is 19.3 Å². The largest absolute Gasteiger partial charge is 0.310 e. The van der Waals surface area contributed by atoms with E-state index >= 15 is 0 Å². The molecule has 0 aromatic carbocycles. The molecule has 0 atom stereocenters. The number of aryl methyl sites for hydroxylation is 1. The zero-order valence-corrected chi connectivity index (χ0v) is 11.7. The third-order valence-electron chi connectivity index (χ3n) is 4.51. The lowest BCUT2D eigenvalue weighted by molar-refractivity contribution is 0.185. The molecule has 1 fully saturated rings. The van der Waals surface area contributed by atoms with Crippen LogP contribution >= 0.6 is 0 Å². The summed E-state index contributed by atoms with van der Waals surface area (Å²) < 4.78 is 0. The minimum atomic E-state index is 0.0656. The molecule has 1 aromatic rings. The average molecular weight is 261 g/mol. The summed E-state index contributed by atoms with van der Waals surface area (Å²) in [6.07, 6.45) is 7.83. The normalized spacial score (nSPS) is 21.3. The summed E-state index contributed by atoms with van der Waals surface area (Å²) >= 11 is 0. The number of aromatic nitrogens is 2. The summed E-state index contributed by atoms with van der Waals surface area (Å²) in [5.41, 5.74) is 1.98. The van der Waals surface area contributed by atoms with Crippen LogP contribution in [0.4, 0.5) is 0 Å². The molecular formula is C15H23N3O. The van der Waals surface area contributed by atoms with Gasteiger partial charge in [-0.05, 0) is 25.7 Å². The SMILES string of the molecule is Cc1nc2c(c(=O)[nH]1)CN(CC1CCCCC1)CC2. The third-order valence-corrected chi connectivity index (χ3v) is 4.51. The Hall–Kier alpha value is -1.16. The molecule has 1 saturated carbocycles. The zero-order valence-electron chi connectivity index (χ0n) is 11.7. The lowest BCUT2D eigenvalue weighted by Crippen LogP contribution is -2.38. The molecule has 0 unspecified atom stereocenters. The molecule has 1 aliphatic carbocycles. The highest BCUT2D eigenvalue weighted by Gasteiger charge is 2.23. The van der Waals surface area contributed by atoms with Gasteiger partial charge in [0, 0.05) is 26.1 Å². The summed E-state index contributed by atoms with van der Waals surface area (Å²) in [6, 6.07) is 0. The van der Waals surface area contributed by atoms with Crippen LogP contribution in [0.2, 0.25) is 0 Å². The topological polar surface area (TPSA) is 49.0 Å². The molecule has 1 aliphatic heterocycles. The summed E-state index contributed by atoms with van der Waals surface area (Å²) in [6.45, 7) is 4.86. The molecule has 2 heterocycles. The van der Waals surface area contributed by atoms with Crippen LogP contribution in [-0.4, -0.2) is 28.0 Å². The van der Waals surface area contributed by atoms with Crippen LogP contribution in [-0.2, 0) is 13.0 Å². The average Bonchev–Trinajstić information content (AvgIpc) is 2.40. The summed E-state index contributed by atoms with van der Waals surface area (Å²) in [4.78, 5) is 21.8. The quantitative estimate of drug-likeness (QED) is 0.886.